The number of phenolic OH excluding ortho intramolecular Hbond substituents is 1. The third kappa shape index (κ3) is 2.50. The lowest BCUT2D eigenvalue weighted by Crippen LogP contribution is -2.29. The minimum atomic E-state index is -1.84. The second-order valence-electron chi connectivity index (χ2n) is 4.37. The number of aryl methyl sites for hydroxylation is 1. The van der Waals surface area contributed by atoms with Crippen molar-refractivity contribution in [1.29, 1.82) is 0 Å². The van der Waals surface area contributed by atoms with E-state index < -0.39 is 5.60 Å². The van der Waals surface area contributed by atoms with Crippen molar-refractivity contribution >= 4 is 28.9 Å². The maximum atomic E-state index is 11.4. The molecule has 0 radical (unpaired) electrons. The van der Waals surface area contributed by atoms with Crippen LogP contribution in [0, 0.1) is 10.5 Å². The molecule has 19 heavy (non-hydrogen) atoms. The van der Waals surface area contributed by atoms with Crippen molar-refractivity contribution < 1.29 is 15.0 Å². The summed E-state index contributed by atoms with van der Waals surface area (Å²) in [6, 6.07) is 12.0. The first kappa shape index (κ1) is 14.0. The first-order chi connectivity index (χ1) is 8.99. The van der Waals surface area contributed by atoms with E-state index in [1.165, 1.54) is 0 Å². The number of halogens is 1. The lowest BCUT2D eigenvalue weighted by Gasteiger charge is -2.24. The van der Waals surface area contributed by atoms with Gasteiger partial charge in [-0.15, -0.1) is 0 Å². The van der Waals surface area contributed by atoms with Crippen LogP contribution in [0.15, 0.2) is 42.5 Å². The number of aromatic hydroxyl groups is 1. The van der Waals surface area contributed by atoms with E-state index in [9.17, 15) is 15.0 Å². The SMILES string of the molecule is Cc1cc(I)cc(C(O)(C=O)c2ccccc2)c1O. The maximum absolute atomic E-state index is 11.4. The van der Waals surface area contributed by atoms with Crippen LogP contribution < -0.4 is 0 Å². The topological polar surface area (TPSA) is 57.5 Å². The average Bonchev–Trinajstić information content (AvgIpc) is 2.43. The second kappa shape index (κ2) is 5.30. The molecule has 0 saturated carbocycles. The van der Waals surface area contributed by atoms with Gasteiger partial charge < -0.3 is 10.2 Å². The van der Waals surface area contributed by atoms with Crippen LogP contribution in [-0.4, -0.2) is 16.5 Å². The molecule has 2 N–H and O–H groups in total. The predicted molar refractivity (Wildman–Crippen MR) is 81.1 cm³/mol. The summed E-state index contributed by atoms with van der Waals surface area (Å²) in [5.74, 6) is -0.0566. The second-order valence-corrected chi connectivity index (χ2v) is 5.61. The van der Waals surface area contributed by atoms with Gasteiger partial charge in [-0.05, 0) is 52.8 Å². The summed E-state index contributed by atoms with van der Waals surface area (Å²) in [7, 11) is 0. The Kier molecular flexibility index (Phi) is 3.91. The Bertz CT molecular complexity index is 610. The Morgan fingerprint density at radius 3 is 2.42 bits per heavy atom. The lowest BCUT2D eigenvalue weighted by molar-refractivity contribution is -0.121. The van der Waals surface area contributed by atoms with Gasteiger partial charge in [-0.2, -0.15) is 0 Å². The Morgan fingerprint density at radius 2 is 1.84 bits per heavy atom. The molecular weight excluding hydrogens is 355 g/mol. The average molecular weight is 368 g/mol. The highest BCUT2D eigenvalue weighted by atomic mass is 127. The van der Waals surface area contributed by atoms with Crippen molar-refractivity contribution in [1.82, 2.24) is 0 Å². The molecule has 0 aliphatic rings. The summed E-state index contributed by atoms with van der Waals surface area (Å²) in [5, 5.41) is 20.8. The van der Waals surface area contributed by atoms with Gasteiger partial charge in [0, 0.05) is 9.13 Å². The van der Waals surface area contributed by atoms with Crippen LogP contribution >= 0.6 is 22.6 Å². The highest BCUT2D eigenvalue weighted by molar-refractivity contribution is 14.1. The molecular formula is C15H13IO3. The third-order valence-corrected chi connectivity index (χ3v) is 3.68. The molecule has 0 heterocycles. The molecule has 0 fully saturated rings. The molecule has 0 bridgehead atoms. The molecule has 0 amide bonds. The Labute approximate surface area is 125 Å². The first-order valence-electron chi connectivity index (χ1n) is 5.73. The fraction of sp³-hybridized carbons (Fsp3) is 0.133. The molecule has 0 aliphatic heterocycles. The van der Waals surface area contributed by atoms with Gasteiger partial charge in [-0.1, -0.05) is 30.3 Å². The van der Waals surface area contributed by atoms with Gasteiger partial charge in [0.2, 0.25) is 0 Å². The van der Waals surface area contributed by atoms with Crippen LogP contribution in [0.5, 0.6) is 5.75 Å². The smallest absolute Gasteiger partial charge is 0.174 e. The Morgan fingerprint density at radius 1 is 1.21 bits per heavy atom. The van der Waals surface area contributed by atoms with Crippen molar-refractivity contribution in [3.63, 3.8) is 0 Å². The molecule has 1 unspecified atom stereocenters. The molecule has 0 aliphatic carbocycles. The summed E-state index contributed by atoms with van der Waals surface area (Å²) in [6.07, 6.45) is 0.451. The van der Waals surface area contributed by atoms with E-state index in [0.29, 0.717) is 17.4 Å². The third-order valence-electron chi connectivity index (χ3n) is 3.06. The van der Waals surface area contributed by atoms with E-state index in [0.717, 1.165) is 3.57 Å². The zero-order chi connectivity index (χ0) is 14.0. The van der Waals surface area contributed by atoms with Crippen molar-refractivity contribution in [2.45, 2.75) is 12.5 Å². The minimum absolute atomic E-state index is 0.0566. The molecule has 0 spiro atoms. The van der Waals surface area contributed by atoms with Gasteiger partial charge in [0.1, 0.15) is 5.75 Å². The molecule has 1 atom stereocenters. The molecule has 2 aromatic carbocycles. The lowest BCUT2D eigenvalue weighted by atomic mass is 9.86. The van der Waals surface area contributed by atoms with Gasteiger partial charge in [-0.25, -0.2) is 0 Å². The van der Waals surface area contributed by atoms with E-state index in [1.54, 1.807) is 49.4 Å². The highest BCUT2D eigenvalue weighted by Crippen LogP contribution is 2.36. The fourth-order valence-corrected chi connectivity index (χ4v) is 2.78. The number of phenols is 1. The Hall–Kier alpha value is -1.40. The Balaban J connectivity index is 2.70. The maximum Gasteiger partial charge on any atom is 0.174 e. The molecule has 0 aromatic heterocycles. The molecule has 2 rings (SSSR count). The van der Waals surface area contributed by atoms with Crippen LogP contribution in [0.25, 0.3) is 0 Å². The zero-order valence-corrected chi connectivity index (χ0v) is 12.5. The van der Waals surface area contributed by atoms with Crippen molar-refractivity contribution in [2.24, 2.45) is 0 Å². The van der Waals surface area contributed by atoms with Crippen LogP contribution in [0.1, 0.15) is 16.7 Å². The number of aldehydes is 1. The van der Waals surface area contributed by atoms with Gasteiger partial charge in [0.05, 0.1) is 0 Å². The first-order valence-corrected chi connectivity index (χ1v) is 6.80. The summed E-state index contributed by atoms with van der Waals surface area (Å²) >= 11 is 2.09. The van der Waals surface area contributed by atoms with Gasteiger partial charge >= 0.3 is 0 Å². The standard InChI is InChI=1S/C15H13IO3/c1-10-7-12(16)8-13(14(10)18)15(19,9-17)11-5-3-2-4-6-11/h2-9,18-19H,1H3. The van der Waals surface area contributed by atoms with E-state index >= 15 is 0 Å². The number of hydrogen-bond acceptors (Lipinski definition) is 3. The predicted octanol–water partition coefficient (Wildman–Crippen LogP) is 2.74. The zero-order valence-electron chi connectivity index (χ0n) is 10.3. The largest absolute Gasteiger partial charge is 0.507 e. The van der Waals surface area contributed by atoms with Crippen molar-refractivity contribution in [3.8, 4) is 5.75 Å². The number of carbonyl (C=O) groups is 1. The van der Waals surface area contributed by atoms with Gasteiger partial charge in [-0.3, -0.25) is 4.79 Å². The molecule has 4 heteroatoms. The number of carbonyl (C=O) groups excluding carboxylic acids is 1. The fourth-order valence-electron chi connectivity index (χ4n) is 2.01. The van der Waals surface area contributed by atoms with E-state index in [4.69, 9.17) is 0 Å². The molecule has 0 saturated heterocycles. The summed E-state index contributed by atoms with van der Waals surface area (Å²) in [4.78, 5) is 11.4. The molecule has 98 valence electrons. The number of hydrogen-bond donors (Lipinski definition) is 2. The van der Waals surface area contributed by atoms with Crippen LogP contribution in [-0.2, 0) is 10.4 Å². The van der Waals surface area contributed by atoms with Gasteiger partial charge in [0.15, 0.2) is 11.9 Å². The normalized spacial score (nSPS) is 13.8. The number of benzene rings is 2. The van der Waals surface area contributed by atoms with Crippen molar-refractivity contribution in [3.05, 3.63) is 62.7 Å². The van der Waals surface area contributed by atoms with E-state index in [2.05, 4.69) is 22.6 Å². The molecule has 2 aromatic rings. The van der Waals surface area contributed by atoms with Gasteiger partial charge in [0.25, 0.3) is 0 Å². The van der Waals surface area contributed by atoms with E-state index in [-0.39, 0.29) is 11.3 Å². The van der Waals surface area contributed by atoms with E-state index in [1.807, 2.05) is 0 Å². The number of rotatable bonds is 3. The minimum Gasteiger partial charge on any atom is -0.507 e. The van der Waals surface area contributed by atoms with Crippen LogP contribution in [0.2, 0.25) is 0 Å². The summed E-state index contributed by atoms with van der Waals surface area (Å²) in [5.41, 5.74) is -0.574. The summed E-state index contributed by atoms with van der Waals surface area (Å²) in [6.45, 7) is 1.73. The molecule has 3 nitrogen and oxygen atoms in total. The highest BCUT2D eigenvalue weighted by Gasteiger charge is 2.34. The monoisotopic (exact) mass is 368 g/mol. The van der Waals surface area contributed by atoms with Crippen LogP contribution in [0.3, 0.4) is 0 Å². The van der Waals surface area contributed by atoms with Crippen molar-refractivity contribution in [2.75, 3.05) is 0 Å². The number of aliphatic hydroxyl groups is 1. The summed E-state index contributed by atoms with van der Waals surface area (Å²) < 4.78 is 0.846. The quantitative estimate of drug-likeness (QED) is 0.647. The van der Waals surface area contributed by atoms with Crippen LogP contribution in [0.4, 0.5) is 0 Å².